The lowest BCUT2D eigenvalue weighted by Gasteiger charge is -2.06. The van der Waals surface area contributed by atoms with Gasteiger partial charge in [0.15, 0.2) is 0 Å². The summed E-state index contributed by atoms with van der Waals surface area (Å²) in [6, 6.07) is 14.9. The summed E-state index contributed by atoms with van der Waals surface area (Å²) in [6.07, 6.45) is 1.60. The number of anilines is 1. The number of ether oxygens (including phenoxy) is 1. The average molecular weight is 392 g/mol. The highest BCUT2D eigenvalue weighted by Gasteiger charge is 2.17. The van der Waals surface area contributed by atoms with Gasteiger partial charge in [-0.15, -0.1) is 0 Å². The number of rotatable bonds is 5. The number of imidazole rings is 1. The number of aromatic nitrogens is 3. The zero-order chi connectivity index (χ0) is 20.4. The summed E-state index contributed by atoms with van der Waals surface area (Å²) < 4.78 is 25.2. The van der Waals surface area contributed by atoms with E-state index in [1.807, 2.05) is 18.2 Å². The fourth-order valence-corrected chi connectivity index (χ4v) is 2.88. The topological polar surface area (TPSA) is 82.2 Å². The van der Waals surface area contributed by atoms with Crippen LogP contribution in [-0.4, -0.2) is 27.7 Å². The summed E-state index contributed by atoms with van der Waals surface area (Å²) in [5.74, 6) is 0.258. The molecule has 4 aromatic rings. The monoisotopic (exact) mass is 392 g/mol. The van der Waals surface area contributed by atoms with Gasteiger partial charge in [0.25, 0.3) is 5.91 Å². The molecule has 0 saturated carbocycles. The molecule has 0 saturated heterocycles. The second-order valence-electron chi connectivity index (χ2n) is 6.30. The minimum atomic E-state index is -0.481. The van der Waals surface area contributed by atoms with Crippen LogP contribution in [0.15, 0.2) is 65.3 Å². The Bertz CT molecular complexity index is 1160. The number of nitrogens with one attached hydrogen (secondary N) is 1. The van der Waals surface area contributed by atoms with Gasteiger partial charge in [-0.2, -0.15) is 0 Å². The van der Waals surface area contributed by atoms with Gasteiger partial charge in [-0.05, 0) is 36.4 Å². The maximum atomic E-state index is 13.1. The number of halogens is 1. The lowest BCUT2D eigenvalue weighted by Crippen LogP contribution is -2.14. The maximum absolute atomic E-state index is 13.1. The summed E-state index contributed by atoms with van der Waals surface area (Å²) >= 11 is 0. The molecule has 0 aliphatic heterocycles. The molecule has 1 amide bonds. The van der Waals surface area contributed by atoms with Crippen LogP contribution in [0, 0.1) is 5.82 Å². The SMILES string of the molecule is COc1cccc(-c2cc(C(=O)Nc3ncc(-c4ccc(F)cc4)n3C)on2)c1. The highest BCUT2D eigenvalue weighted by atomic mass is 19.1. The van der Waals surface area contributed by atoms with Gasteiger partial charge in [-0.1, -0.05) is 17.3 Å². The predicted octanol–water partition coefficient (Wildman–Crippen LogP) is 4.14. The van der Waals surface area contributed by atoms with Crippen molar-refractivity contribution in [2.45, 2.75) is 0 Å². The molecule has 2 aromatic carbocycles. The molecule has 0 bridgehead atoms. The summed E-state index contributed by atoms with van der Waals surface area (Å²) in [7, 11) is 3.33. The molecule has 2 heterocycles. The number of benzene rings is 2. The maximum Gasteiger partial charge on any atom is 0.296 e. The molecule has 2 aromatic heterocycles. The molecule has 146 valence electrons. The fraction of sp³-hybridized carbons (Fsp3) is 0.0952. The van der Waals surface area contributed by atoms with Crippen LogP contribution in [-0.2, 0) is 7.05 Å². The van der Waals surface area contributed by atoms with E-state index >= 15 is 0 Å². The van der Waals surface area contributed by atoms with Gasteiger partial charge in [0.2, 0.25) is 11.7 Å². The smallest absolute Gasteiger partial charge is 0.296 e. The van der Waals surface area contributed by atoms with Gasteiger partial charge in [0, 0.05) is 24.2 Å². The Labute approximate surface area is 165 Å². The molecule has 0 aliphatic carbocycles. The van der Waals surface area contributed by atoms with Crippen LogP contribution in [0.4, 0.5) is 10.3 Å². The Morgan fingerprint density at radius 3 is 2.69 bits per heavy atom. The normalized spacial score (nSPS) is 10.7. The first-order valence-corrected chi connectivity index (χ1v) is 8.75. The Hall–Kier alpha value is -3.94. The number of amides is 1. The second kappa shape index (κ2) is 7.59. The lowest BCUT2D eigenvalue weighted by atomic mass is 10.1. The van der Waals surface area contributed by atoms with Crippen molar-refractivity contribution in [3.63, 3.8) is 0 Å². The van der Waals surface area contributed by atoms with Crippen molar-refractivity contribution in [2.24, 2.45) is 7.05 Å². The average Bonchev–Trinajstić information content (AvgIpc) is 3.37. The molecule has 7 nitrogen and oxygen atoms in total. The van der Waals surface area contributed by atoms with Crippen LogP contribution in [0.25, 0.3) is 22.5 Å². The quantitative estimate of drug-likeness (QED) is 0.552. The van der Waals surface area contributed by atoms with E-state index in [1.165, 1.54) is 12.1 Å². The highest BCUT2D eigenvalue weighted by molar-refractivity contribution is 6.02. The zero-order valence-corrected chi connectivity index (χ0v) is 15.7. The first-order valence-electron chi connectivity index (χ1n) is 8.75. The van der Waals surface area contributed by atoms with Crippen LogP contribution in [0.1, 0.15) is 10.6 Å². The van der Waals surface area contributed by atoms with Crippen LogP contribution < -0.4 is 10.1 Å². The minimum absolute atomic E-state index is 0.0501. The molecule has 0 atom stereocenters. The van der Waals surface area contributed by atoms with Crippen LogP contribution in [0.5, 0.6) is 5.75 Å². The van der Waals surface area contributed by atoms with Gasteiger partial charge in [-0.25, -0.2) is 9.37 Å². The Balaban J connectivity index is 1.53. The molecular formula is C21H17FN4O3. The molecule has 0 spiro atoms. The van der Waals surface area contributed by atoms with Gasteiger partial charge >= 0.3 is 0 Å². The number of nitrogens with zero attached hydrogens (tertiary/aromatic N) is 3. The minimum Gasteiger partial charge on any atom is -0.497 e. The van der Waals surface area contributed by atoms with E-state index in [0.29, 0.717) is 17.4 Å². The number of methoxy groups -OCH3 is 1. The van der Waals surface area contributed by atoms with Crippen molar-refractivity contribution in [2.75, 3.05) is 12.4 Å². The van der Waals surface area contributed by atoms with Gasteiger partial charge in [0.05, 0.1) is 19.0 Å². The van der Waals surface area contributed by atoms with Crippen molar-refractivity contribution in [1.82, 2.24) is 14.7 Å². The van der Waals surface area contributed by atoms with Gasteiger partial charge in [-0.3, -0.25) is 10.1 Å². The summed E-state index contributed by atoms with van der Waals surface area (Å²) in [5.41, 5.74) is 2.79. The Kier molecular flexibility index (Phi) is 4.82. The fourth-order valence-electron chi connectivity index (χ4n) is 2.88. The lowest BCUT2D eigenvalue weighted by molar-refractivity contribution is 0.0987. The van der Waals surface area contributed by atoms with E-state index in [0.717, 1.165) is 16.8 Å². The summed E-state index contributed by atoms with van der Waals surface area (Å²) in [6.45, 7) is 0. The van der Waals surface area contributed by atoms with Crippen LogP contribution in [0.2, 0.25) is 0 Å². The number of carbonyl (C=O) groups is 1. The van der Waals surface area contributed by atoms with E-state index < -0.39 is 5.91 Å². The molecule has 0 unspecified atom stereocenters. The number of hydrogen-bond acceptors (Lipinski definition) is 5. The van der Waals surface area contributed by atoms with E-state index in [2.05, 4.69) is 15.5 Å². The standard InChI is InChI=1S/C21H17FN4O3/c1-26-18(13-6-8-15(22)9-7-13)12-23-21(26)24-20(27)19-11-17(25-29-19)14-4-3-5-16(10-14)28-2/h3-12H,1-2H3,(H,23,24,27). The molecule has 4 rings (SSSR count). The van der Waals surface area contributed by atoms with E-state index in [1.54, 1.807) is 49.2 Å². The van der Waals surface area contributed by atoms with Crippen molar-refractivity contribution < 1.29 is 18.4 Å². The molecule has 0 fully saturated rings. The first kappa shape index (κ1) is 18.4. The molecule has 0 radical (unpaired) electrons. The largest absolute Gasteiger partial charge is 0.497 e. The Morgan fingerprint density at radius 1 is 1.14 bits per heavy atom. The molecular weight excluding hydrogens is 375 g/mol. The van der Waals surface area contributed by atoms with Gasteiger partial charge in [0.1, 0.15) is 17.3 Å². The van der Waals surface area contributed by atoms with Crippen molar-refractivity contribution in [1.29, 1.82) is 0 Å². The number of hydrogen-bond donors (Lipinski definition) is 1. The molecule has 29 heavy (non-hydrogen) atoms. The van der Waals surface area contributed by atoms with Crippen molar-refractivity contribution >= 4 is 11.9 Å². The highest BCUT2D eigenvalue weighted by Crippen LogP contribution is 2.25. The molecule has 0 aliphatic rings. The van der Waals surface area contributed by atoms with E-state index in [-0.39, 0.29) is 11.6 Å². The third kappa shape index (κ3) is 3.73. The third-order valence-corrected chi connectivity index (χ3v) is 4.45. The van der Waals surface area contributed by atoms with Crippen LogP contribution >= 0.6 is 0 Å². The van der Waals surface area contributed by atoms with E-state index in [9.17, 15) is 9.18 Å². The molecule has 1 N–H and O–H groups in total. The van der Waals surface area contributed by atoms with Crippen molar-refractivity contribution in [3.05, 3.63) is 72.4 Å². The van der Waals surface area contributed by atoms with Crippen molar-refractivity contribution in [3.8, 4) is 28.3 Å². The number of carbonyl (C=O) groups excluding carboxylic acids is 1. The third-order valence-electron chi connectivity index (χ3n) is 4.45. The second-order valence-corrected chi connectivity index (χ2v) is 6.30. The van der Waals surface area contributed by atoms with Crippen LogP contribution in [0.3, 0.4) is 0 Å². The zero-order valence-electron chi connectivity index (χ0n) is 15.7. The molecule has 8 heteroatoms. The predicted molar refractivity (Wildman–Crippen MR) is 105 cm³/mol. The van der Waals surface area contributed by atoms with Gasteiger partial charge < -0.3 is 13.8 Å². The Morgan fingerprint density at radius 2 is 1.93 bits per heavy atom. The summed E-state index contributed by atoms with van der Waals surface area (Å²) in [4.78, 5) is 16.8. The van der Waals surface area contributed by atoms with E-state index in [4.69, 9.17) is 9.26 Å². The summed E-state index contributed by atoms with van der Waals surface area (Å²) in [5, 5.41) is 6.65. The first-order chi connectivity index (χ1) is 14.0.